The number of benzene rings is 1. The Morgan fingerprint density at radius 1 is 1.17 bits per heavy atom. The first-order valence-corrected chi connectivity index (χ1v) is 12.7. The zero-order valence-electron chi connectivity index (χ0n) is 20.6. The van der Waals surface area contributed by atoms with E-state index in [-0.39, 0.29) is 18.6 Å². The van der Waals surface area contributed by atoms with Crippen LogP contribution in [0.15, 0.2) is 30.6 Å². The predicted octanol–water partition coefficient (Wildman–Crippen LogP) is 4.65. The molecule has 3 fully saturated rings. The molecule has 0 radical (unpaired) electrons. The van der Waals surface area contributed by atoms with Crippen LogP contribution in [-0.2, 0) is 4.74 Å². The minimum absolute atomic E-state index is 0.231. The van der Waals surface area contributed by atoms with Gasteiger partial charge >= 0.3 is 6.09 Å². The van der Waals surface area contributed by atoms with E-state index in [9.17, 15) is 9.90 Å². The molecule has 6 rings (SSSR count). The van der Waals surface area contributed by atoms with Crippen molar-refractivity contribution in [3.63, 3.8) is 0 Å². The Kier molecular flexibility index (Phi) is 5.32. The van der Waals surface area contributed by atoms with Crippen LogP contribution in [0.1, 0.15) is 75.6 Å². The number of amides is 1. The number of para-hydroxylation sites is 1. The number of nitrogens with zero attached hydrogens (tertiary/aromatic N) is 5. The second kappa shape index (κ2) is 8.29. The monoisotopic (exact) mass is 475 g/mol. The van der Waals surface area contributed by atoms with Crippen LogP contribution in [0, 0.1) is 5.92 Å². The molecular formula is C27H33N5O3. The van der Waals surface area contributed by atoms with Gasteiger partial charge in [-0.15, -0.1) is 0 Å². The first kappa shape index (κ1) is 22.5. The van der Waals surface area contributed by atoms with E-state index in [0.717, 1.165) is 46.4 Å². The molecule has 1 saturated heterocycles. The lowest BCUT2D eigenvalue weighted by molar-refractivity contribution is 0.00828. The lowest BCUT2D eigenvalue weighted by Crippen LogP contribution is -2.50. The summed E-state index contributed by atoms with van der Waals surface area (Å²) in [6.45, 7) is 7.18. The molecule has 0 bridgehead atoms. The standard InChI is InChI=1S/C27H33N5O3/c1-27(2,3)35-26(34)31-12-18(13-31)20-5-4-6-22-25(20)28-11-23(29-22)21-14-32(19-9-16(10-19)15-33)30-24(21)17-7-8-17/h4-6,11,14,16-19,33H,7-10,12-13,15H2,1-3H3/t16-,19-. The van der Waals surface area contributed by atoms with Crippen molar-refractivity contribution in [2.75, 3.05) is 19.7 Å². The predicted molar refractivity (Wildman–Crippen MR) is 132 cm³/mol. The van der Waals surface area contributed by atoms with Gasteiger partial charge in [-0.25, -0.2) is 9.78 Å². The molecule has 1 amide bonds. The fourth-order valence-electron chi connectivity index (χ4n) is 5.19. The molecule has 3 heterocycles. The highest BCUT2D eigenvalue weighted by Crippen LogP contribution is 2.45. The Morgan fingerprint density at radius 3 is 2.63 bits per heavy atom. The maximum atomic E-state index is 12.3. The number of aromatic nitrogens is 4. The number of hydrogen-bond donors (Lipinski definition) is 1. The number of likely N-dealkylation sites (tertiary alicyclic amines) is 1. The highest BCUT2D eigenvalue weighted by atomic mass is 16.6. The average Bonchev–Trinajstić information content (AvgIpc) is 3.50. The van der Waals surface area contributed by atoms with Crippen LogP contribution >= 0.6 is 0 Å². The van der Waals surface area contributed by atoms with Gasteiger partial charge in [0.1, 0.15) is 5.60 Å². The Labute approximate surface area is 205 Å². The molecule has 2 aromatic heterocycles. The molecule has 0 spiro atoms. The van der Waals surface area contributed by atoms with E-state index in [2.05, 4.69) is 16.9 Å². The average molecular weight is 476 g/mol. The fraction of sp³-hybridized carbons (Fsp3) is 0.556. The van der Waals surface area contributed by atoms with Crippen molar-refractivity contribution in [2.45, 2.75) is 69.9 Å². The van der Waals surface area contributed by atoms with Crippen molar-refractivity contribution in [3.8, 4) is 11.3 Å². The van der Waals surface area contributed by atoms with Crippen molar-refractivity contribution in [1.82, 2.24) is 24.6 Å². The molecule has 1 aliphatic heterocycles. The Morgan fingerprint density at radius 2 is 1.94 bits per heavy atom. The van der Waals surface area contributed by atoms with Crippen LogP contribution in [0.3, 0.4) is 0 Å². The summed E-state index contributed by atoms with van der Waals surface area (Å²) in [4.78, 5) is 23.9. The van der Waals surface area contributed by atoms with Gasteiger partial charge in [-0.3, -0.25) is 9.67 Å². The summed E-state index contributed by atoms with van der Waals surface area (Å²) < 4.78 is 7.59. The summed E-state index contributed by atoms with van der Waals surface area (Å²) in [6.07, 6.45) is 8.07. The molecule has 0 atom stereocenters. The van der Waals surface area contributed by atoms with Crippen LogP contribution in [0.2, 0.25) is 0 Å². The van der Waals surface area contributed by atoms with Crippen molar-refractivity contribution in [2.24, 2.45) is 5.92 Å². The maximum absolute atomic E-state index is 12.3. The molecule has 8 heteroatoms. The third kappa shape index (κ3) is 4.29. The third-order valence-corrected chi connectivity index (χ3v) is 7.42. The molecule has 2 aliphatic carbocycles. The fourth-order valence-corrected chi connectivity index (χ4v) is 5.19. The van der Waals surface area contributed by atoms with Gasteiger partial charge in [0.2, 0.25) is 0 Å². The number of fused-ring (bicyclic) bond motifs is 1. The summed E-state index contributed by atoms with van der Waals surface area (Å²) in [5.41, 5.74) is 5.49. The number of hydrogen-bond acceptors (Lipinski definition) is 6. The molecule has 3 aromatic rings. The lowest BCUT2D eigenvalue weighted by Gasteiger charge is -2.40. The molecule has 0 unspecified atom stereocenters. The van der Waals surface area contributed by atoms with Crippen LogP contribution in [0.5, 0.6) is 0 Å². The van der Waals surface area contributed by atoms with Crippen LogP contribution in [0.25, 0.3) is 22.3 Å². The van der Waals surface area contributed by atoms with Crippen molar-refractivity contribution >= 4 is 17.1 Å². The van der Waals surface area contributed by atoms with Gasteiger partial charge in [0, 0.05) is 43.3 Å². The number of aliphatic hydroxyl groups is 1. The smallest absolute Gasteiger partial charge is 0.410 e. The van der Waals surface area contributed by atoms with Gasteiger partial charge in [0.25, 0.3) is 0 Å². The van der Waals surface area contributed by atoms with E-state index in [1.54, 1.807) is 4.90 Å². The van der Waals surface area contributed by atoms with Crippen molar-refractivity contribution < 1.29 is 14.6 Å². The van der Waals surface area contributed by atoms with E-state index in [0.29, 0.717) is 31.0 Å². The number of ether oxygens (including phenoxy) is 1. The maximum Gasteiger partial charge on any atom is 0.410 e. The lowest BCUT2D eigenvalue weighted by atomic mass is 9.81. The topological polar surface area (TPSA) is 93.4 Å². The van der Waals surface area contributed by atoms with E-state index < -0.39 is 5.60 Å². The largest absolute Gasteiger partial charge is 0.444 e. The number of carbonyl (C=O) groups is 1. The Bertz CT molecular complexity index is 1260. The van der Waals surface area contributed by atoms with Crippen LogP contribution in [0.4, 0.5) is 4.79 Å². The number of aliphatic hydroxyl groups excluding tert-OH is 1. The van der Waals surface area contributed by atoms with E-state index in [4.69, 9.17) is 19.8 Å². The summed E-state index contributed by atoms with van der Waals surface area (Å²) in [6, 6.07) is 6.50. The SMILES string of the molecule is CC(C)(C)OC(=O)N1CC(c2cccc3nc(-c4cn([C@H]5C[C@H](CO)C5)nc4C4CC4)cnc23)C1. The molecule has 184 valence electrons. The van der Waals surface area contributed by atoms with Gasteiger partial charge in [0.05, 0.1) is 34.7 Å². The second-order valence-electron chi connectivity index (χ2n) is 11.4. The molecule has 1 aromatic carbocycles. The van der Waals surface area contributed by atoms with Crippen molar-refractivity contribution in [1.29, 1.82) is 0 Å². The second-order valence-corrected chi connectivity index (χ2v) is 11.4. The summed E-state index contributed by atoms with van der Waals surface area (Å²) in [5.74, 6) is 1.14. The summed E-state index contributed by atoms with van der Waals surface area (Å²) in [7, 11) is 0. The van der Waals surface area contributed by atoms with Crippen LogP contribution < -0.4 is 0 Å². The van der Waals surface area contributed by atoms with E-state index >= 15 is 0 Å². The summed E-state index contributed by atoms with van der Waals surface area (Å²) in [5, 5.41) is 14.3. The first-order valence-electron chi connectivity index (χ1n) is 12.7. The quantitative estimate of drug-likeness (QED) is 0.577. The Hall–Kier alpha value is -3.00. The summed E-state index contributed by atoms with van der Waals surface area (Å²) >= 11 is 0. The molecule has 1 N–H and O–H groups in total. The number of carbonyl (C=O) groups excluding carboxylic acids is 1. The number of rotatable bonds is 5. The van der Waals surface area contributed by atoms with Gasteiger partial charge in [-0.05, 0) is 64.0 Å². The molecule has 8 nitrogen and oxygen atoms in total. The van der Waals surface area contributed by atoms with Gasteiger partial charge < -0.3 is 14.7 Å². The third-order valence-electron chi connectivity index (χ3n) is 7.42. The van der Waals surface area contributed by atoms with Crippen LogP contribution in [-0.4, -0.2) is 61.1 Å². The minimum atomic E-state index is -0.490. The highest BCUT2D eigenvalue weighted by Gasteiger charge is 2.37. The molecular weight excluding hydrogens is 442 g/mol. The molecule has 3 aliphatic rings. The van der Waals surface area contributed by atoms with Gasteiger partial charge in [0.15, 0.2) is 0 Å². The Balaban J connectivity index is 1.24. The zero-order valence-corrected chi connectivity index (χ0v) is 20.6. The molecule has 2 saturated carbocycles. The van der Waals surface area contributed by atoms with Crippen molar-refractivity contribution in [3.05, 3.63) is 41.9 Å². The van der Waals surface area contributed by atoms with Gasteiger partial charge in [-0.1, -0.05) is 12.1 Å². The minimum Gasteiger partial charge on any atom is -0.444 e. The normalized spacial score (nSPS) is 22.7. The first-order chi connectivity index (χ1) is 16.8. The highest BCUT2D eigenvalue weighted by molar-refractivity contribution is 5.82. The van der Waals surface area contributed by atoms with E-state index in [1.807, 2.05) is 39.1 Å². The van der Waals surface area contributed by atoms with E-state index in [1.165, 1.54) is 12.8 Å². The zero-order chi connectivity index (χ0) is 24.3. The molecule has 35 heavy (non-hydrogen) atoms. The van der Waals surface area contributed by atoms with Gasteiger partial charge in [-0.2, -0.15) is 5.10 Å².